The third kappa shape index (κ3) is 2.50. The van der Waals surface area contributed by atoms with E-state index >= 15 is 0 Å². The molecule has 0 amide bonds. The summed E-state index contributed by atoms with van der Waals surface area (Å²) < 4.78 is 10.3. The number of aliphatic hydroxyl groups is 1. The molecule has 5 nitrogen and oxygen atoms in total. The molecule has 2 unspecified atom stereocenters. The van der Waals surface area contributed by atoms with E-state index in [0.29, 0.717) is 24.9 Å². The summed E-state index contributed by atoms with van der Waals surface area (Å²) in [6.07, 6.45) is -0.365. The normalized spacial score (nSPS) is 26.0. The fourth-order valence-corrected chi connectivity index (χ4v) is 2.68. The Morgan fingerprint density at radius 3 is 3.13 bits per heavy atom. The molecule has 1 aliphatic heterocycles. The second-order valence-corrected chi connectivity index (χ2v) is 4.47. The number of aliphatic hydroxyl groups excluding tert-OH is 1. The monoisotopic (exact) mass is 230 g/mol. The maximum atomic E-state index is 9.65. The Morgan fingerprint density at radius 1 is 1.60 bits per heavy atom. The van der Waals surface area contributed by atoms with Gasteiger partial charge in [0.15, 0.2) is 5.82 Å². The van der Waals surface area contributed by atoms with Gasteiger partial charge in [-0.3, -0.25) is 0 Å². The van der Waals surface area contributed by atoms with Gasteiger partial charge in [0.25, 0.3) is 0 Å². The Kier molecular flexibility index (Phi) is 3.61. The predicted octanol–water partition coefficient (Wildman–Crippen LogP) is 0.797. The van der Waals surface area contributed by atoms with Crippen LogP contribution in [0.25, 0.3) is 0 Å². The molecule has 0 bridgehead atoms. The highest BCUT2D eigenvalue weighted by Gasteiger charge is 2.31. The highest BCUT2D eigenvalue weighted by molar-refractivity contribution is 7.99. The summed E-state index contributed by atoms with van der Waals surface area (Å²) in [6.45, 7) is 2.92. The first kappa shape index (κ1) is 10.9. The van der Waals surface area contributed by atoms with E-state index in [9.17, 15) is 5.11 Å². The van der Waals surface area contributed by atoms with Gasteiger partial charge >= 0.3 is 0 Å². The van der Waals surface area contributed by atoms with Gasteiger partial charge in [0.2, 0.25) is 5.89 Å². The second-order valence-electron chi connectivity index (χ2n) is 3.40. The molecule has 2 atom stereocenters. The number of hydrogen-bond acceptors (Lipinski definition) is 6. The Labute approximate surface area is 92.2 Å². The van der Waals surface area contributed by atoms with Crippen molar-refractivity contribution in [3.05, 3.63) is 11.7 Å². The molecule has 0 radical (unpaired) electrons. The average Bonchev–Trinajstić information content (AvgIpc) is 2.83. The second kappa shape index (κ2) is 4.96. The molecule has 1 fully saturated rings. The fraction of sp³-hybridized carbons (Fsp3) is 0.778. The van der Waals surface area contributed by atoms with Crippen molar-refractivity contribution in [2.45, 2.75) is 25.6 Å². The maximum Gasteiger partial charge on any atom is 0.233 e. The van der Waals surface area contributed by atoms with Crippen LogP contribution < -0.4 is 0 Å². The SMILES string of the molecule is CCOCc1noc(C2CSCC2O)n1. The molecule has 1 aliphatic rings. The van der Waals surface area contributed by atoms with Crippen LogP contribution in [0.1, 0.15) is 24.6 Å². The predicted molar refractivity (Wildman–Crippen MR) is 55.7 cm³/mol. The van der Waals surface area contributed by atoms with Crippen molar-refractivity contribution in [1.29, 1.82) is 0 Å². The minimum absolute atomic E-state index is 0.0159. The number of thioether (sulfide) groups is 1. The molecule has 1 N–H and O–H groups in total. The molecule has 1 saturated heterocycles. The molecule has 15 heavy (non-hydrogen) atoms. The quantitative estimate of drug-likeness (QED) is 0.825. The van der Waals surface area contributed by atoms with E-state index in [0.717, 1.165) is 11.5 Å². The topological polar surface area (TPSA) is 68.4 Å². The van der Waals surface area contributed by atoms with Crippen LogP contribution in [0.3, 0.4) is 0 Å². The molecule has 6 heteroatoms. The van der Waals surface area contributed by atoms with Gasteiger partial charge in [-0.05, 0) is 6.92 Å². The lowest BCUT2D eigenvalue weighted by atomic mass is 10.1. The third-order valence-electron chi connectivity index (χ3n) is 2.29. The molecule has 0 spiro atoms. The Morgan fingerprint density at radius 2 is 2.47 bits per heavy atom. The molecule has 1 aromatic heterocycles. The lowest BCUT2D eigenvalue weighted by molar-refractivity contribution is 0.126. The van der Waals surface area contributed by atoms with Crippen LogP contribution in [0.15, 0.2) is 4.52 Å². The first-order valence-electron chi connectivity index (χ1n) is 4.97. The summed E-state index contributed by atoms with van der Waals surface area (Å²) in [7, 11) is 0. The largest absolute Gasteiger partial charge is 0.391 e. The highest BCUT2D eigenvalue weighted by Crippen LogP contribution is 2.31. The lowest BCUT2D eigenvalue weighted by Gasteiger charge is -2.06. The lowest BCUT2D eigenvalue weighted by Crippen LogP contribution is -2.15. The molecule has 2 heterocycles. The number of hydrogen-bond donors (Lipinski definition) is 1. The van der Waals surface area contributed by atoms with E-state index < -0.39 is 0 Å². The van der Waals surface area contributed by atoms with Gasteiger partial charge in [0, 0.05) is 18.1 Å². The number of aromatic nitrogens is 2. The zero-order valence-electron chi connectivity index (χ0n) is 8.55. The molecular weight excluding hydrogens is 216 g/mol. The summed E-state index contributed by atoms with van der Waals surface area (Å²) >= 11 is 1.70. The van der Waals surface area contributed by atoms with Crippen molar-refractivity contribution < 1.29 is 14.4 Å². The number of ether oxygens (including phenoxy) is 1. The van der Waals surface area contributed by atoms with E-state index in [1.165, 1.54) is 0 Å². The van der Waals surface area contributed by atoms with Crippen LogP contribution in [0, 0.1) is 0 Å². The fourth-order valence-electron chi connectivity index (χ4n) is 1.45. The smallest absolute Gasteiger partial charge is 0.233 e. The molecule has 84 valence electrons. The van der Waals surface area contributed by atoms with Crippen molar-refractivity contribution in [3.63, 3.8) is 0 Å². The van der Waals surface area contributed by atoms with Gasteiger partial charge in [0.1, 0.15) is 6.61 Å². The van der Waals surface area contributed by atoms with Crippen molar-refractivity contribution in [2.24, 2.45) is 0 Å². The average molecular weight is 230 g/mol. The summed E-state index contributed by atoms with van der Waals surface area (Å²) in [6, 6.07) is 0. The van der Waals surface area contributed by atoms with Gasteiger partial charge in [-0.15, -0.1) is 0 Å². The minimum atomic E-state index is -0.365. The summed E-state index contributed by atoms with van der Waals surface area (Å²) in [5.41, 5.74) is 0. The maximum absolute atomic E-state index is 9.65. The van der Waals surface area contributed by atoms with Gasteiger partial charge in [-0.2, -0.15) is 16.7 Å². The zero-order chi connectivity index (χ0) is 10.7. The van der Waals surface area contributed by atoms with Gasteiger partial charge in [-0.1, -0.05) is 5.16 Å². The summed E-state index contributed by atoms with van der Waals surface area (Å²) in [5, 5.41) is 13.4. The number of rotatable bonds is 4. The Bertz CT molecular complexity index is 318. The highest BCUT2D eigenvalue weighted by atomic mass is 32.2. The van der Waals surface area contributed by atoms with Crippen LogP contribution in [0.4, 0.5) is 0 Å². The molecule has 0 saturated carbocycles. The standard InChI is InChI=1S/C9H14N2O3S/c1-2-13-3-8-10-9(14-11-8)6-4-15-5-7(6)12/h6-7,12H,2-5H2,1H3. The third-order valence-corrected chi connectivity index (χ3v) is 3.46. The van der Waals surface area contributed by atoms with Gasteiger partial charge < -0.3 is 14.4 Å². The van der Waals surface area contributed by atoms with Gasteiger partial charge in [0.05, 0.1) is 12.0 Å². The zero-order valence-corrected chi connectivity index (χ0v) is 9.37. The Balaban J connectivity index is 1.99. The van der Waals surface area contributed by atoms with Crippen LogP contribution >= 0.6 is 11.8 Å². The van der Waals surface area contributed by atoms with E-state index in [1.54, 1.807) is 11.8 Å². The molecular formula is C9H14N2O3S. The van der Waals surface area contributed by atoms with Crippen molar-refractivity contribution >= 4 is 11.8 Å². The van der Waals surface area contributed by atoms with Crippen molar-refractivity contribution in [2.75, 3.05) is 18.1 Å². The first-order chi connectivity index (χ1) is 7.31. The van der Waals surface area contributed by atoms with Crippen LogP contribution in [0.2, 0.25) is 0 Å². The van der Waals surface area contributed by atoms with Crippen LogP contribution in [0.5, 0.6) is 0 Å². The van der Waals surface area contributed by atoms with E-state index in [1.807, 2.05) is 6.92 Å². The minimum Gasteiger partial charge on any atom is -0.391 e. The van der Waals surface area contributed by atoms with Crippen molar-refractivity contribution in [3.8, 4) is 0 Å². The van der Waals surface area contributed by atoms with Crippen LogP contribution in [-0.2, 0) is 11.3 Å². The van der Waals surface area contributed by atoms with Gasteiger partial charge in [-0.25, -0.2) is 0 Å². The van der Waals surface area contributed by atoms with E-state index in [-0.39, 0.29) is 12.0 Å². The van der Waals surface area contributed by atoms with Crippen molar-refractivity contribution in [1.82, 2.24) is 10.1 Å². The molecule has 0 aliphatic carbocycles. The Hall–Kier alpha value is -0.590. The van der Waals surface area contributed by atoms with E-state index in [4.69, 9.17) is 9.26 Å². The molecule has 2 rings (SSSR count). The summed E-state index contributed by atoms with van der Waals surface area (Å²) in [4.78, 5) is 4.20. The molecule has 0 aromatic carbocycles. The molecule has 1 aromatic rings. The van der Waals surface area contributed by atoms with E-state index in [2.05, 4.69) is 10.1 Å². The summed E-state index contributed by atoms with van der Waals surface area (Å²) in [5.74, 6) is 2.65. The van der Waals surface area contributed by atoms with Crippen LogP contribution in [-0.4, -0.2) is 39.5 Å². The number of nitrogens with zero attached hydrogens (tertiary/aromatic N) is 2. The first-order valence-corrected chi connectivity index (χ1v) is 6.12.